The van der Waals surface area contributed by atoms with E-state index >= 15 is 0 Å². The van der Waals surface area contributed by atoms with E-state index in [1.807, 2.05) is 0 Å². The Bertz CT molecular complexity index is 435. The molecule has 1 saturated carbocycles. The molecule has 0 amide bonds. The number of nitrogens with one attached hydrogen (secondary N) is 1. The quantitative estimate of drug-likeness (QED) is 0.884. The van der Waals surface area contributed by atoms with Crippen LogP contribution in [0.1, 0.15) is 57.1 Å². The summed E-state index contributed by atoms with van der Waals surface area (Å²) in [6, 6.07) is 9.78. The molecule has 3 atom stereocenters. The first-order valence-corrected chi connectivity index (χ1v) is 8.84. The third-order valence-electron chi connectivity index (χ3n) is 5.71. The van der Waals surface area contributed by atoms with Crippen molar-refractivity contribution in [2.24, 2.45) is 11.8 Å². The third kappa shape index (κ3) is 3.26. The highest BCUT2D eigenvalue weighted by Gasteiger charge is 2.31. The number of anilines is 1. The zero-order valence-electron chi connectivity index (χ0n) is 13.6. The summed E-state index contributed by atoms with van der Waals surface area (Å²) in [5, 5.41) is 3.39. The molecule has 3 unspecified atom stereocenters. The summed E-state index contributed by atoms with van der Waals surface area (Å²) < 4.78 is 0. The van der Waals surface area contributed by atoms with Crippen LogP contribution in [0.4, 0.5) is 5.69 Å². The number of benzene rings is 1. The predicted molar refractivity (Wildman–Crippen MR) is 90.8 cm³/mol. The van der Waals surface area contributed by atoms with Gasteiger partial charge in [0.05, 0.1) is 0 Å². The number of nitrogens with zero attached hydrogens (tertiary/aromatic N) is 1. The second kappa shape index (κ2) is 6.83. The van der Waals surface area contributed by atoms with Crippen LogP contribution in [-0.2, 0) is 0 Å². The van der Waals surface area contributed by atoms with Gasteiger partial charge in [0.1, 0.15) is 0 Å². The number of piperidine rings is 1. The van der Waals surface area contributed by atoms with Gasteiger partial charge in [-0.2, -0.15) is 0 Å². The number of hydrogen-bond acceptors (Lipinski definition) is 2. The number of fused-ring (bicyclic) bond motifs is 1. The summed E-state index contributed by atoms with van der Waals surface area (Å²) in [6.45, 7) is 4.78. The van der Waals surface area contributed by atoms with Crippen LogP contribution in [-0.4, -0.2) is 20.1 Å². The maximum absolute atomic E-state index is 3.39. The summed E-state index contributed by atoms with van der Waals surface area (Å²) in [5.74, 6) is 1.97. The van der Waals surface area contributed by atoms with Gasteiger partial charge in [-0.15, -0.1) is 0 Å². The Kier molecular flexibility index (Phi) is 4.84. The molecular weight excluding hydrogens is 256 g/mol. The van der Waals surface area contributed by atoms with Gasteiger partial charge >= 0.3 is 0 Å². The lowest BCUT2D eigenvalue weighted by atomic mass is 9.75. The van der Waals surface area contributed by atoms with E-state index in [-0.39, 0.29) is 0 Å². The highest BCUT2D eigenvalue weighted by Crippen LogP contribution is 2.37. The van der Waals surface area contributed by atoms with Crippen molar-refractivity contribution in [2.45, 2.75) is 51.5 Å². The molecule has 0 aromatic heterocycles. The molecule has 21 heavy (non-hydrogen) atoms. The van der Waals surface area contributed by atoms with Crippen LogP contribution in [0.3, 0.4) is 0 Å². The molecule has 0 spiro atoms. The molecule has 2 aliphatic rings. The van der Waals surface area contributed by atoms with Crippen molar-refractivity contribution in [1.29, 1.82) is 0 Å². The molecule has 2 nitrogen and oxygen atoms in total. The van der Waals surface area contributed by atoms with Gasteiger partial charge in [0, 0.05) is 24.8 Å². The lowest BCUT2D eigenvalue weighted by Crippen LogP contribution is -2.41. The molecule has 0 radical (unpaired) electrons. The molecule has 2 fully saturated rings. The summed E-state index contributed by atoms with van der Waals surface area (Å²) in [6.07, 6.45) is 8.41. The van der Waals surface area contributed by atoms with Crippen molar-refractivity contribution >= 4 is 5.69 Å². The van der Waals surface area contributed by atoms with E-state index in [9.17, 15) is 0 Å². The van der Waals surface area contributed by atoms with Crippen molar-refractivity contribution < 1.29 is 0 Å². The fraction of sp³-hybridized carbons (Fsp3) is 0.684. The minimum atomic E-state index is 0.489. The molecule has 0 bridgehead atoms. The molecule has 1 saturated heterocycles. The van der Waals surface area contributed by atoms with E-state index < -0.39 is 0 Å². The first kappa shape index (κ1) is 14.9. The SMILES string of the molecule is CCC(NC)c1ccc(N2CCC3CCCCC3C2)cc1. The average Bonchev–Trinajstić information content (AvgIpc) is 2.56. The van der Waals surface area contributed by atoms with Gasteiger partial charge < -0.3 is 10.2 Å². The Balaban J connectivity index is 1.67. The van der Waals surface area contributed by atoms with Gasteiger partial charge in [-0.25, -0.2) is 0 Å². The van der Waals surface area contributed by atoms with E-state index in [4.69, 9.17) is 0 Å². The van der Waals surface area contributed by atoms with Gasteiger partial charge in [0.25, 0.3) is 0 Å². The smallest absolute Gasteiger partial charge is 0.0366 e. The van der Waals surface area contributed by atoms with E-state index in [2.05, 4.69) is 48.5 Å². The van der Waals surface area contributed by atoms with Gasteiger partial charge in [-0.1, -0.05) is 38.3 Å². The summed E-state index contributed by atoms with van der Waals surface area (Å²) in [7, 11) is 2.05. The molecule has 116 valence electrons. The minimum absolute atomic E-state index is 0.489. The van der Waals surface area contributed by atoms with Crippen LogP contribution in [0.25, 0.3) is 0 Å². The zero-order valence-corrected chi connectivity index (χ0v) is 13.6. The van der Waals surface area contributed by atoms with Crippen molar-refractivity contribution in [3.05, 3.63) is 29.8 Å². The number of rotatable bonds is 4. The Morgan fingerprint density at radius 1 is 1.10 bits per heavy atom. The van der Waals surface area contributed by atoms with Crippen molar-refractivity contribution in [2.75, 3.05) is 25.0 Å². The average molecular weight is 286 g/mol. The van der Waals surface area contributed by atoms with E-state index in [0.717, 1.165) is 18.3 Å². The monoisotopic (exact) mass is 286 g/mol. The van der Waals surface area contributed by atoms with Crippen molar-refractivity contribution in [3.63, 3.8) is 0 Å². The molecule has 2 heteroatoms. The Hall–Kier alpha value is -1.02. The molecule has 1 aliphatic carbocycles. The van der Waals surface area contributed by atoms with Gasteiger partial charge in [0.15, 0.2) is 0 Å². The molecule has 1 N–H and O–H groups in total. The largest absolute Gasteiger partial charge is 0.371 e. The van der Waals surface area contributed by atoms with Crippen LogP contribution in [0.2, 0.25) is 0 Å². The predicted octanol–water partition coefficient (Wildman–Crippen LogP) is 4.37. The topological polar surface area (TPSA) is 15.3 Å². The normalized spacial score (nSPS) is 27.2. The minimum Gasteiger partial charge on any atom is -0.371 e. The second-order valence-corrected chi connectivity index (χ2v) is 6.88. The fourth-order valence-corrected chi connectivity index (χ4v) is 4.36. The third-order valence-corrected chi connectivity index (χ3v) is 5.71. The highest BCUT2D eigenvalue weighted by atomic mass is 15.1. The molecule has 1 aromatic rings. The second-order valence-electron chi connectivity index (χ2n) is 6.88. The van der Waals surface area contributed by atoms with E-state index in [0.29, 0.717) is 6.04 Å². The molecule has 1 aliphatic heterocycles. The number of hydrogen-bond donors (Lipinski definition) is 1. The lowest BCUT2D eigenvalue weighted by Gasteiger charge is -2.42. The first-order valence-electron chi connectivity index (χ1n) is 8.84. The van der Waals surface area contributed by atoms with Crippen LogP contribution in [0.5, 0.6) is 0 Å². The maximum atomic E-state index is 3.39. The Morgan fingerprint density at radius 2 is 1.81 bits per heavy atom. The maximum Gasteiger partial charge on any atom is 0.0366 e. The summed E-state index contributed by atoms with van der Waals surface area (Å²) >= 11 is 0. The molecule has 1 heterocycles. The fourth-order valence-electron chi connectivity index (χ4n) is 4.36. The van der Waals surface area contributed by atoms with E-state index in [1.165, 1.54) is 56.4 Å². The first-order chi connectivity index (χ1) is 10.3. The van der Waals surface area contributed by atoms with Crippen molar-refractivity contribution in [3.8, 4) is 0 Å². The van der Waals surface area contributed by atoms with Crippen molar-refractivity contribution in [1.82, 2.24) is 5.32 Å². The van der Waals surface area contributed by atoms with Crippen LogP contribution in [0, 0.1) is 11.8 Å². The van der Waals surface area contributed by atoms with Crippen LogP contribution >= 0.6 is 0 Å². The molecular formula is C19H30N2. The highest BCUT2D eigenvalue weighted by molar-refractivity contribution is 5.48. The molecule has 1 aromatic carbocycles. The zero-order chi connectivity index (χ0) is 14.7. The Labute approximate surface area is 129 Å². The van der Waals surface area contributed by atoms with E-state index in [1.54, 1.807) is 0 Å². The summed E-state index contributed by atoms with van der Waals surface area (Å²) in [5.41, 5.74) is 2.84. The lowest BCUT2D eigenvalue weighted by molar-refractivity contribution is 0.202. The standard InChI is InChI=1S/C19H30N2/c1-3-19(20-2)16-8-10-18(11-9-16)21-13-12-15-6-4-5-7-17(15)14-21/h8-11,15,17,19-20H,3-7,12-14H2,1-2H3. The van der Waals surface area contributed by atoms with Crippen LogP contribution < -0.4 is 10.2 Å². The van der Waals surface area contributed by atoms with Gasteiger partial charge in [0.2, 0.25) is 0 Å². The summed E-state index contributed by atoms with van der Waals surface area (Å²) in [4.78, 5) is 2.62. The Morgan fingerprint density at radius 3 is 2.48 bits per heavy atom. The van der Waals surface area contributed by atoms with Gasteiger partial charge in [-0.3, -0.25) is 0 Å². The van der Waals surface area contributed by atoms with Crippen LogP contribution in [0.15, 0.2) is 24.3 Å². The van der Waals surface area contributed by atoms with Gasteiger partial charge in [-0.05, 0) is 55.8 Å². The molecule has 3 rings (SSSR count).